The van der Waals surface area contributed by atoms with Gasteiger partial charge in [0.1, 0.15) is 0 Å². The fourth-order valence-corrected chi connectivity index (χ4v) is 3.47. The van der Waals surface area contributed by atoms with E-state index in [4.69, 9.17) is 0 Å². The van der Waals surface area contributed by atoms with Crippen molar-refractivity contribution in [2.24, 2.45) is 5.92 Å². The van der Waals surface area contributed by atoms with Crippen LogP contribution in [0, 0.1) is 5.92 Å². The molecule has 0 unspecified atom stereocenters. The molecule has 0 aliphatic carbocycles. The first-order valence-corrected chi connectivity index (χ1v) is 9.37. The highest BCUT2D eigenvalue weighted by atomic mass is 32.2. The Hall–Kier alpha value is -1.56. The third-order valence-electron chi connectivity index (χ3n) is 4.03. The van der Waals surface area contributed by atoms with Crippen LogP contribution in [0.5, 0.6) is 0 Å². The van der Waals surface area contributed by atoms with E-state index in [1.165, 1.54) is 0 Å². The summed E-state index contributed by atoms with van der Waals surface area (Å²) in [6.45, 7) is 8.46. The highest BCUT2D eigenvalue weighted by Crippen LogP contribution is 2.20. The zero-order chi connectivity index (χ0) is 16.3. The van der Waals surface area contributed by atoms with Crippen molar-refractivity contribution < 1.29 is 13.2 Å². The normalized spacial score (nSPS) is 16.2. The maximum absolute atomic E-state index is 12.0. The molecule has 0 bridgehead atoms. The topological polar surface area (TPSA) is 57.7 Å². The molecule has 1 amide bonds. The van der Waals surface area contributed by atoms with Crippen LogP contribution in [-0.2, 0) is 14.6 Å². The SMILES string of the molecule is CCS(=O)(=O)c1ccc(N2CCN(C(=O)C(C)C)CC2)cc1. The van der Waals surface area contributed by atoms with Gasteiger partial charge >= 0.3 is 0 Å². The summed E-state index contributed by atoms with van der Waals surface area (Å²) in [5.74, 6) is 0.344. The largest absolute Gasteiger partial charge is 0.368 e. The number of carbonyl (C=O) groups excluding carboxylic acids is 1. The van der Waals surface area contributed by atoms with Gasteiger partial charge in [0.05, 0.1) is 10.6 Å². The summed E-state index contributed by atoms with van der Waals surface area (Å²) < 4.78 is 23.6. The summed E-state index contributed by atoms with van der Waals surface area (Å²) in [5.41, 5.74) is 1.01. The lowest BCUT2D eigenvalue weighted by molar-refractivity contribution is -0.134. The Morgan fingerprint density at radius 2 is 1.64 bits per heavy atom. The van der Waals surface area contributed by atoms with Crippen LogP contribution in [0.1, 0.15) is 20.8 Å². The number of hydrogen-bond donors (Lipinski definition) is 0. The fourth-order valence-electron chi connectivity index (χ4n) is 2.58. The molecule has 1 aliphatic rings. The lowest BCUT2D eigenvalue weighted by atomic mass is 10.1. The summed E-state index contributed by atoms with van der Waals surface area (Å²) in [5, 5.41) is 0. The van der Waals surface area contributed by atoms with Crippen LogP contribution < -0.4 is 4.90 Å². The molecule has 1 saturated heterocycles. The number of rotatable bonds is 4. The Morgan fingerprint density at radius 1 is 1.09 bits per heavy atom. The third kappa shape index (κ3) is 3.61. The molecule has 6 heteroatoms. The van der Waals surface area contributed by atoms with Crippen LogP contribution in [0.15, 0.2) is 29.2 Å². The number of benzene rings is 1. The average Bonchev–Trinajstić information content (AvgIpc) is 2.54. The standard InChI is InChI=1S/C16H24N2O3S/c1-4-22(20,21)15-7-5-14(6-8-15)17-9-11-18(12-10-17)16(19)13(2)3/h5-8,13H,4,9-12H2,1-3H3. The molecule has 0 spiro atoms. The van der Waals surface area contributed by atoms with Crippen molar-refractivity contribution in [1.82, 2.24) is 4.90 Å². The molecule has 1 aromatic carbocycles. The lowest BCUT2D eigenvalue weighted by Gasteiger charge is -2.37. The van der Waals surface area contributed by atoms with E-state index in [1.54, 1.807) is 19.1 Å². The van der Waals surface area contributed by atoms with Crippen molar-refractivity contribution in [3.8, 4) is 0 Å². The lowest BCUT2D eigenvalue weighted by Crippen LogP contribution is -2.49. The van der Waals surface area contributed by atoms with E-state index in [2.05, 4.69) is 4.90 Å². The number of piperazine rings is 1. The smallest absolute Gasteiger partial charge is 0.225 e. The quantitative estimate of drug-likeness (QED) is 0.847. The van der Waals surface area contributed by atoms with Crippen molar-refractivity contribution in [2.45, 2.75) is 25.7 Å². The highest BCUT2D eigenvalue weighted by molar-refractivity contribution is 7.91. The van der Waals surface area contributed by atoms with Crippen molar-refractivity contribution in [2.75, 3.05) is 36.8 Å². The Labute approximate surface area is 132 Å². The number of carbonyl (C=O) groups is 1. The first-order chi connectivity index (χ1) is 10.3. The van der Waals surface area contributed by atoms with Crippen LogP contribution in [-0.4, -0.2) is 51.2 Å². The van der Waals surface area contributed by atoms with Gasteiger partial charge in [0, 0.05) is 37.8 Å². The Balaban J connectivity index is 2.02. The van der Waals surface area contributed by atoms with Crippen molar-refractivity contribution in [1.29, 1.82) is 0 Å². The number of sulfone groups is 1. The van der Waals surface area contributed by atoms with E-state index >= 15 is 0 Å². The van der Waals surface area contributed by atoms with Crippen LogP contribution in [0.2, 0.25) is 0 Å². The van der Waals surface area contributed by atoms with E-state index in [0.717, 1.165) is 18.8 Å². The second-order valence-electron chi connectivity index (χ2n) is 5.86. The van der Waals surface area contributed by atoms with Gasteiger partial charge in [-0.2, -0.15) is 0 Å². The second kappa shape index (κ2) is 6.69. The monoisotopic (exact) mass is 324 g/mol. The Kier molecular flexibility index (Phi) is 5.11. The molecule has 1 fully saturated rings. The van der Waals surface area contributed by atoms with E-state index in [1.807, 2.05) is 30.9 Å². The third-order valence-corrected chi connectivity index (χ3v) is 5.78. The van der Waals surface area contributed by atoms with Gasteiger partial charge in [-0.15, -0.1) is 0 Å². The number of hydrogen-bond acceptors (Lipinski definition) is 4. The van der Waals surface area contributed by atoms with Gasteiger partial charge in [-0.25, -0.2) is 8.42 Å². The van der Waals surface area contributed by atoms with Gasteiger partial charge in [-0.05, 0) is 24.3 Å². The van der Waals surface area contributed by atoms with Crippen LogP contribution >= 0.6 is 0 Å². The molecule has 0 radical (unpaired) electrons. The predicted molar refractivity (Wildman–Crippen MR) is 87.8 cm³/mol. The van der Waals surface area contributed by atoms with Gasteiger partial charge in [-0.3, -0.25) is 4.79 Å². The number of anilines is 1. The van der Waals surface area contributed by atoms with Gasteiger partial charge < -0.3 is 9.80 Å². The zero-order valence-corrected chi connectivity index (χ0v) is 14.3. The molecule has 5 nitrogen and oxygen atoms in total. The fraction of sp³-hybridized carbons (Fsp3) is 0.562. The number of nitrogens with zero attached hydrogens (tertiary/aromatic N) is 2. The van der Waals surface area contributed by atoms with Crippen molar-refractivity contribution in [3.63, 3.8) is 0 Å². The van der Waals surface area contributed by atoms with E-state index in [0.29, 0.717) is 18.0 Å². The molecule has 0 N–H and O–H groups in total. The highest BCUT2D eigenvalue weighted by Gasteiger charge is 2.23. The minimum atomic E-state index is -3.15. The van der Waals surface area contributed by atoms with Crippen molar-refractivity contribution >= 4 is 21.4 Å². The molecule has 122 valence electrons. The molecule has 0 atom stereocenters. The maximum Gasteiger partial charge on any atom is 0.225 e. The summed E-state index contributed by atoms with van der Waals surface area (Å²) in [7, 11) is -3.15. The van der Waals surface area contributed by atoms with E-state index in [-0.39, 0.29) is 17.6 Å². The summed E-state index contributed by atoms with van der Waals surface area (Å²) in [6.07, 6.45) is 0. The van der Waals surface area contributed by atoms with Gasteiger partial charge in [0.15, 0.2) is 9.84 Å². The van der Waals surface area contributed by atoms with Crippen molar-refractivity contribution in [3.05, 3.63) is 24.3 Å². The minimum absolute atomic E-state index is 0.0325. The van der Waals surface area contributed by atoms with E-state index < -0.39 is 9.84 Å². The molecule has 0 aromatic heterocycles. The number of amides is 1. The summed E-state index contributed by atoms with van der Waals surface area (Å²) >= 11 is 0. The first kappa shape index (κ1) is 16.8. The molecular formula is C16H24N2O3S. The predicted octanol–water partition coefficient (Wildman–Crippen LogP) is 1.78. The van der Waals surface area contributed by atoms with Crippen LogP contribution in [0.25, 0.3) is 0 Å². The van der Waals surface area contributed by atoms with E-state index in [9.17, 15) is 13.2 Å². The summed E-state index contributed by atoms with van der Waals surface area (Å²) in [6, 6.07) is 7.03. The molecule has 1 aromatic rings. The maximum atomic E-state index is 12.0. The molecular weight excluding hydrogens is 300 g/mol. The van der Waals surface area contributed by atoms with Gasteiger partial charge in [0.25, 0.3) is 0 Å². The average molecular weight is 324 g/mol. The van der Waals surface area contributed by atoms with Crippen LogP contribution in [0.4, 0.5) is 5.69 Å². The van der Waals surface area contributed by atoms with Gasteiger partial charge in [0.2, 0.25) is 5.91 Å². The first-order valence-electron chi connectivity index (χ1n) is 7.71. The molecule has 22 heavy (non-hydrogen) atoms. The van der Waals surface area contributed by atoms with Crippen LogP contribution in [0.3, 0.4) is 0 Å². The molecule has 0 saturated carbocycles. The molecule has 1 aliphatic heterocycles. The summed E-state index contributed by atoms with van der Waals surface area (Å²) in [4.78, 5) is 16.4. The minimum Gasteiger partial charge on any atom is -0.368 e. The molecule has 2 rings (SSSR count). The van der Waals surface area contributed by atoms with Gasteiger partial charge in [-0.1, -0.05) is 20.8 Å². The Bertz CT molecular complexity index is 615. The molecule has 1 heterocycles. The Morgan fingerprint density at radius 3 is 2.09 bits per heavy atom. The second-order valence-corrected chi connectivity index (χ2v) is 8.14. The zero-order valence-electron chi connectivity index (χ0n) is 13.4.